The molecule has 1 heterocycles. The van der Waals surface area contributed by atoms with Gasteiger partial charge in [0.15, 0.2) is 0 Å². The number of fused-ring (bicyclic) bond motifs is 1. The van der Waals surface area contributed by atoms with Crippen molar-refractivity contribution in [3.63, 3.8) is 0 Å². The summed E-state index contributed by atoms with van der Waals surface area (Å²) in [7, 11) is 0. The lowest BCUT2D eigenvalue weighted by Crippen LogP contribution is -2.19. The molecule has 0 bridgehead atoms. The molecule has 0 spiro atoms. The van der Waals surface area contributed by atoms with E-state index >= 15 is 0 Å². The molecule has 1 unspecified atom stereocenters. The topological polar surface area (TPSA) is 41.1 Å². The van der Waals surface area contributed by atoms with Crippen LogP contribution in [-0.2, 0) is 11.2 Å². The number of hydrogen-bond acceptors (Lipinski definition) is 2. The van der Waals surface area contributed by atoms with Gasteiger partial charge in [-0.25, -0.2) is 0 Å². The van der Waals surface area contributed by atoms with Crippen molar-refractivity contribution < 1.29 is 4.79 Å². The Balaban J connectivity index is 1.76. The summed E-state index contributed by atoms with van der Waals surface area (Å²) in [5.41, 5.74) is 4.46. The lowest BCUT2D eigenvalue weighted by atomic mass is 10.0. The van der Waals surface area contributed by atoms with Crippen LogP contribution in [0.5, 0.6) is 0 Å². The summed E-state index contributed by atoms with van der Waals surface area (Å²) in [6, 6.07) is 14.7. The molecule has 2 N–H and O–H groups in total. The molecule has 1 aliphatic heterocycles. The third-order valence-corrected chi connectivity index (χ3v) is 4.28. The van der Waals surface area contributed by atoms with Gasteiger partial charge in [0.25, 0.3) is 0 Å². The van der Waals surface area contributed by atoms with Gasteiger partial charge < -0.3 is 10.6 Å². The number of carbonyl (C=O) groups excluding carboxylic acids is 1. The predicted octanol–water partition coefficient (Wildman–Crippen LogP) is 4.51. The molecule has 1 atom stereocenters. The van der Waals surface area contributed by atoms with Gasteiger partial charge in [-0.3, -0.25) is 4.79 Å². The zero-order valence-electron chi connectivity index (χ0n) is 11.8. The summed E-state index contributed by atoms with van der Waals surface area (Å²) in [4.78, 5) is 11.4. The number of benzene rings is 2. The normalized spacial score (nSPS) is 15.0. The summed E-state index contributed by atoms with van der Waals surface area (Å²) in [5, 5.41) is 6.42. The van der Waals surface area contributed by atoms with Gasteiger partial charge in [-0.2, -0.15) is 0 Å². The minimum Gasteiger partial charge on any atom is -0.379 e. The van der Waals surface area contributed by atoms with Gasteiger partial charge in [0.1, 0.15) is 0 Å². The van der Waals surface area contributed by atoms with E-state index in [0.29, 0.717) is 6.42 Å². The van der Waals surface area contributed by atoms with E-state index in [9.17, 15) is 4.79 Å². The minimum atomic E-state index is 0.103. The average Bonchev–Trinajstić information content (AvgIpc) is 2.48. The van der Waals surface area contributed by atoms with Crippen molar-refractivity contribution in [2.75, 3.05) is 10.6 Å². The number of aryl methyl sites for hydroxylation is 1. The third kappa shape index (κ3) is 3.27. The highest BCUT2D eigenvalue weighted by Gasteiger charge is 2.15. The van der Waals surface area contributed by atoms with E-state index < -0.39 is 0 Å². The second kappa shape index (κ2) is 5.90. The molecule has 21 heavy (non-hydrogen) atoms. The Morgan fingerprint density at radius 1 is 1.14 bits per heavy atom. The van der Waals surface area contributed by atoms with E-state index in [2.05, 4.69) is 63.8 Å². The van der Waals surface area contributed by atoms with Crippen LogP contribution in [0.1, 0.15) is 30.5 Å². The zero-order chi connectivity index (χ0) is 14.8. The molecule has 0 radical (unpaired) electrons. The van der Waals surface area contributed by atoms with Gasteiger partial charge in [-0.1, -0.05) is 28.1 Å². The van der Waals surface area contributed by atoms with Crippen LogP contribution in [0.3, 0.4) is 0 Å². The van der Waals surface area contributed by atoms with Crippen molar-refractivity contribution in [3.8, 4) is 0 Å². The van der Waals surface area contributed by atoms with Crippen molar-refractivity contribution in [2.45, 2.75) is 25.8 Å². The summed E-state index contributed by atoms with van der Waals surface area (Å²) in [6.07, 6.45) is 1.38. The molecule has 2 aromatic rings. The number of carbonyl (C=O) groups is 1. The van der Waals surface area contributed by atoms with Crippen molar-refractivity contribution in [1.82, 2.24) is 0 Å². The molecule has 2 aromatic carbocycles. The third-order valence-electron chi connectivity index (χ3n) is 3.75. The van der Waals surface area contributed by atoms with E-state index in [4.69, 9.17) is 0 Å². The monoisotopic (exact) mass is 344 g/mol. The van der Waals surface area contributed by atoms with Crippen molar-refractivity contribution in [3.05, 3.63) is 58.1 Å². The zero-order valence-corrected chi connectivity index (χ0v) is 13.4. The second-order valence-corrected chi connectivity index (χ2v) is 6.25. The highest BCUT2D eigenvalue weighted by atomic mass is 79.9. The largest absolute Gasteiger partial charge is 0.379 e. The first-order valence-corrected chi connectivity index (χ1v) is 7.86. The maximum absolute atomic E-state index is 11.4. The first kappa shape index (κ1) is 14.1. The lowest BCUT2D eigenvalue weighted by Gasteiger charge is -2.20. The SMILES string of the molecule is CC(Nc1ccc2c(c1)CCC(=O)N2)c1ccc(Br)cc1. The number of rotatable bonds is 3. The molecule has 0 fully saturated rings. The van der Waals surface area contributed by atoms with Crippen molar-refractivity contribution in [2.24, 2.45) is 0 Å². The maximum Gasteiger partial charge on any atom is 0.224 e. The fraction of sp³-hybridized carbons (Fsp3) is 0.235. The van der Waals surface area contributed by atoms with Crippen LogP contribution in [0.2, 0.25) is 0 Å². The quantitative estimate of drug-likeness (QED) is 0.860. The van der Waals surface area contributed by atoms with Gasteiger partial charge in [-0.15, -0.1) is 0 Å². The van der Waals surface area contributed by atoms with E-state index in [0.717, 1.165) is 22.3 Å². The Labute approximate surface area is 132 Å². The first-order chi connectivity index (χ1) is 10.1. The van der Waals surface area contributed by atoms with Gasteiger partial charge in [0, 0.05) is 28.3 Å². The van der Waals surface area contributed by atoms with Crippen LogP contribution in [0.25, 0.3) is 0 Å². The molecular weight excluding hydrogens is 328 g/mol. The Bertz CT molecular complexity index is 667. The molecule has 0 aromatic heterocycles. The summed E-state index contributed by atoms with van der Waals surface area (Å²) in [5.74, 6) is 0.103. The van der Waals surface area contributed by atoms with Gasteiger partial charge >= 0.3 is 0 Å². The highest BCUT2D eigenvalue weighted by molar-refractivity contribution is 9.10. The van der Waals surface area contributed by atoms with Crippen molar-refractivity contribution >= 4 is 33.2 Å². The lowest BCUT2D eigenvalue weighted by molar-refractivity contribution is -0.116. The van der Waals surface area contributed by atoms with Crippen LogP contribution in [-0.4, -0.2) is 5.91 Å². The fourth-order valence-corrected chi connectivity index (χ4v) is 2.82. The Morgan fingerprint density at radius 3 is 2.67 bits per heavy atom. The summed E-state index contributed by atoms with van der Waals surface area (Å²) < 4.78 is 1.09. The molecule has 1 amide bonds. The molecular formula is C17H17BrN2O. The number of anilines is 2. The fourth-order valence-electron chi connectivity index (χ4n) is 2.56. The van der Waals surface area contributed by atoms with Crippen LogP contribution >= 0.6 is 15.9 Å². The number of hydrogen-bond donors (Lipinski definition) is 2. The van der Waals surface area contributed by atoms with Gasteiger partial charge in [0.05, 0.1) is 0 Å². The maximum atomic E-state index is 11.4. The van der Waals surface area contributed by atoms with Crippen LogP contribution < -0.4 is 10.6 Å². The standard InChI is InChI=1S/C17H17BrN2O/c1-11(12-2-5-14(18)6-3-12)19-15-7-8-16-13(10-15)4-9-17(21)20-16/h2-3,5-8,10-11,19H,4,9H2,1H3,(H,20,21). The van der Waals surface area contributed by atoms with Crippen LogP contribution in [0.15, 0.2) is 46.9 Å². The smallest absolute Gasteiger partial charge is 0.224 e. The number of halogens is 1. The molecule has 1 aliphatic rings. The molecule has 0 saturated carbocycles. The average molecular weight is 345 g/mol. The first-order valence-electron chi connectivity index (χ1n) is 7.06. The molecule has 0 aliphatic carbocycles. The minimum absolute atomic E-state index is 0.103. The molecule has 4 heteroatoms. The van der Waals surface area contributed by atoms with Crippen LogP contribution in [0.4, 0.5) is 11.4 Å². The molecule has 3 rings (SSSR count). The highest BCUT2D eigenvalue weighted by Crippen LogP contribution is 2.28. The summed E-state index contributed by atoms with van der Waals surface area (Å²) in [6.45, 7) is 2.14. The van der Waals surface area contributed by atoms with Gasteiger partial charge in [0.2, 0.25) is 5.91 Å². The Morgan fingerprint density at radius 2 is 1.90 bits per heavy atom. The Hall–Kier alpha value is -1.81. The van der Waals surface area contributed by atoms with Crippen LogP contribution in [0, 0.1) is 0 Å². The van der Waals surface area contributed by atoms with E-state index in [1.807, 2.05) is 12.1 Å². The predicted molar refractivity (Wildman–Crippen MR) is 89.6 cm³/mol. The molecule has 108 valence electrons. The van der Waals surface area contributed by atoms with E-state index in [1.54, 1.807) is 0 Å². The Kier molecular flexibility index (Phi) is 3.97. The number of amides is 1. The number of nitrogens with one attached hydrogen (secondary N) is 2. The van der Waals surface area contributed by atoms with E-state index in [-0.39, 0.29) is 11.9 Å². The van der Waals surface area contributed by atoms with Gasteiger partial charge in [-0.05, 0) is 54.8 Å². The second-order valence-electron chi connectivity index (χ2n) is 5.34. The van der Waals surface area contributed by atoms with Crippen molar-refractivity contribution in [1.29, 1.82) is 0 Å². The van der Waals surface area contributed by atoms with E-state index in [1.165, 1.54) is 11.1 Å². The molecule has 3 nitrogen and oxygen atoms in total. The summed E-state index contributed by atoms with van der Waals surface area (Å²) >= 11 is 3.45. The molecule has 0 saturated heterocycles.